The molecule has 136 heavy (non-hydrogen) atoms. The van der Waals surface area contributed by atoms with Crippen molar-refractivity contribution in [2.24, 2.45) is 52.2 Å². The molecule has 13 amide bonds. The van der Waals surface area contributed by atoms with Gasteiger partial charge in [-0.2, -0.15) is 0 Å². The number of hydrogen-bond acceptors (Lipinski definition) is 23. The van der Waals surface area contributed by atoms with Crippen molar-refractivity contribution in [3.05, 3.63) is 132 Å². The summed E-state index contributed by atoms with van der Waals surface area (Å²) >= 11 is 0. The minimum absolute atomic E-state index is 0.0159. The molecule has 43 heteroatoms. The van der Waals surface area contributed by atoms with E-state index < -0.39 is 198 Å². The number of rotatable bonds is 61. The lowest BCUT2D eigenvalue weighted by molar-refractivity contribution is -0.142. The Morgan fingerprint density at radius 3 is 1.08 bits per heavy atom. The molecule has 0 aliphatic rings. The Morgan fingerprint density at radius 1 is 0.360 bits per heavy atom. The summed E-state index contributed by atoms with van der Waals surface area (Å²) in [5.41, 5.74) is 38.6. The molecule has 0 aliphatic carbocycles. The van der Waals surface area contributed by atoms with Crippen LogP contribution in [0.1, 0.15) is 167 Å². The number of guanidine groups is 2. The topological polar surface area (TPSA) is 736 Å². The number of fused-ring (bicyclic) bond motifs is 2. The van der Waals surface area contributed by atoms with Crippen LogP contribution in [0.25, 0.3) is 21.8 Å². The fourth-order valence-corrected chi connectivity index (χ4v) is 15.1. The molecule has 0 saturated carbocycles. The van der Waals surface area contributed by atoms with Crippen LogP contribution in [-0.4, -0.2) is 249 Å². The van der Waals surface area contributed by atoms with E-state index in [1.807, 2.05) is 0 Å². The van der Waals surface area contributed by atoms with E-state index in [0.717, 1.165) is 0 Å². The van der Waals surface area contributed by atoms with Crippen molar-refractivity contribution < 1.29 is 87.5 Å². The van der Waals surface area contributed by atoms with Gasteiger partial charge in [-0.15, -0.1) is 0 Å². The Kier molecular flexibility index (Phi) is 46.8. The molecule has 16 atom stereocenters. The molecular formula is C93H141N25O18. The highest BCUT2D eigenvalue weighted by molar-refractivity contribution is 6.01. The summed E-state index contributed by atoms with van der Waals surface area (Å²) in [7, 11) is 0. The number of phenols is 2. The van der Waals surface area contributed by atoms with Crippen LogP contribution in [0.3, 0.4) is 0 Å². The highest BCUT2D eigenvalue weighted by Crippen LogP contribution is 2.24. The quantitative estimate of drug-likeness (QED) is 0.0120. The van der Waals surface area contributed by atoms with Crippen molar-refractivity contribution in [3.8, 4) is 11.5 Å². The standard InChI is InChI=1S/C93H141N25O18/c1-8-52(5)76(118-83(127)67(27-15-18-40-95)109-84(128)71(45-56-33-37-60(121)38-34-56)114-88(132)75(51(3)4)116-90(134)77(53(6)9-2)117-79(123)63(97)44-55-31-35-59(120)36-32-55)89(133)110-69(30-21-43-103-93(100)101)82(126)115-74(50-119)87(131)106-54(7)78(122)112-72(46-57-48-104-64-24-12-10-22-61(57)64)85(129)108-66(26-14-17-39-94)80(124)107-68(29-20-42-102-92(98)99)81(125)113-73(47-58-49-105-65-25-13-11-23-62(58)65)86(130)111-70(91(135)136)28-16-19-41-96/h10-13,22-25,31-38,48-49,51-54,63,66-77,104-105,119-121H,8-9,14-21,26-30,39-47,50,94-97H2,1-7H3,(H,106,131)(H,107,124)(H,108,129)(H,109,128)(H,110,133)(H,111,130)(H,112,122)(H,113,125)(H,114,132)(H,115,126)(H,116,134)(H,117,123)(H,118,127)(H,135,136)(H4,98,99,102)(H4,100,101,103)/t52-,53-,54-,63-,66-,67-,68-,69-,70-,71-,72-,73-,74-,75-,76-,77-/m0/s1. The van der Waals surface area contributed by atoms with E-state index in [-0.39, 0.29) is 140 Å². The third-order valence-electron chi connectivity index (χ3n) is 23.6. The largest absolute Gasteiger partial charge is 0.508 e. The number of carbonyl (C=O) groups excluding carboxylic acids is 13. The number of nitrogens with one attached hydrogen (secondary N) is 19. The lowest BCUT2D eigenvalue weighted by Crippen LogP contribution is -2.62. The zero-order valence-corrected chi connectivity index (χ0v) is 78.4. The number of aromatic nitrogens is 2. The lowest BCUT2D eigenvalue weighted by Gasteiger charge is -2.31. The van der Waals surface area contributed by atoms with E-state index in [4.69, 9.17) is 45.2 Å². The number of hydrogen-bond donors (Lipinski definition) is 29. The van der Waals surface area contributed by atoms with Crippen LogP contribution in [-0.2, 0) is 92.8 Å². The highest BCUT2D eigenvalue weighted by atomic mass is 16.4. The van der Waals surface area contributed by atoms with Crippen LogP contribution >= 0.6 is 0 Å². The first kappa shape index (κ1) is 111. The van der Waals surface area contributed by atoms with E-state index in [9.17, 15) is 82.8 Å². The van der Waals surface area contributed by atoms with E-state index in [1.54, 1.807) is 115 Å². The molecule has 0 unspecified atom stereocenters. The van der Waals surface area contributed by atoms with Crippen molar-refractivity contribution in [3.63, 3.8) is 0 Å². The van der Waals surface area contributed by atoms with Crippen LogP contribution in [0.2, 0.25) is 0 Å². The number of aliphatic carboxylic acids is 1. The van der Waals surface area contributed by atoms with Gasteiger partial charge in [0.1, 0.15) is 90.0 Å². The highest BCUT2D eigenvalue weighted by Gasteiger charge is 2.40. The number of aromatic hydroxyl groups is 2. The lowest BCUT2D eigenvalue weighted by atomic mass is 9.95. The number of amides is 13. The number of unbranched alkanes of at least 4 members (excludes halogenated alkanes) is 3. The summed E-state index contributed by atoms with van der Waals surface area (Å²) in [5.74, 6) is -15.7. The van der Waals surface area contributed by atoms with Gasteiger partial charge in [0.25, 0.3) is 0 Å². The number of aliphatic hydroxyl groups excluding tert-OH is 1. The number of benzene rings is 4. The fourth-order valence-electron chi connectivity index (χ4n) is 15.1. The summed E-state index contributed by atoms with van der Waals surface area (Å²) in [6, 6.07) is 5.75. The maximum absolute atomic E-state index is 15.1. The molecule has 0 spiro atoms. The van der Waals surface area contributed by atoms with Gasteiger partial charge in [-0.05, 0) is 193 Å². The molecule has 2 aromatic heterocycles. The normalized spacial score (nSPS) is 14.8. The fraction of sp³-hybridized carbons (Fsp3) is 0.527. The third kappa shape index (κ3) is 36.4. The summed E-state index contributed by atoms with van der Waals surface area (Å²) in [4.78, 5) is 209. The summed E-state index contributed by atoms with van der Waals surface area (Å²) in [6.07, 6.45) is 5.02. The van der Waals surface area contributed by atoms with Gasteiger partial charge < -0.3 is 145 Å². The molecule has 0 fully saturated rings. The molecule has 4 aromatic carbocycles. The second kappa shape index (κ2) is 57.3. The van der Waals surface area contributed by atoms with Crippen molar-refractivity contribution in [1.29, 1.82) is 10.8 Å². The number of nitrogens with two attached hydrogens (primary N) is 6. The molecule has 746 valence electrons. The summed E-state index contributed by atoms with van der Waals surface area (Å²) < 4.78 is 0. The van der Waals surface area contributed by atoms with Gasteiger partial charge in [0.15, 0.2) is 11.9 Å². The minimum Gasteiger partial charge on any atom is -0.508 e. The SMILES string of the molecule is CC[C@H](C)[C@H](NC(=O)[C@H](CCCCN)NC(=O)[C@H](Cc1ccc(O)cc1)NC(=O)[C@@H](NC(=O)[C@@H](NC(=O)[C@@H](N)Cc1ccc(O)cc1)[C@@H](C)CC)C(C)C)C(=O)N[C@@H](CCCNC(=N)N)C(=O)N[C@@H](CO)C(=O)N[C@@H](C)C(=O)N[C@@H](Cc1c[nH]c2ccccc12)C(=O)N[C@@H](CCCCN)C(=O)N[C@@H](CCCNC(=N)N)C(=O)N[C@@H](Cc1c[nH]c2ccccc12)C(=O)N[C@@H](CCCCN)C(=O)O. The van der Waals surface area contributed by atoms with E-state index in [2.05, 4.69) is 89.7 Å². The number of aromatic amines is 2. The van der Waals surface area contributed by atoms with Gasteiger partial charge in [-0.1, -0.05) is 115 Å². The Balaban J connectivity index is 1.22. The van der Waals surface area contributed by atoms with Gasteiger partial charge in [-0.25, -0.2) is 4.79 Å². The predicted molar refractivity (Wildman–Crippen MR) is 512 cm³/mol. The second-order valence-electron chi connectivity index (χ2n) is 34.6. The monoisotopic (exact) mass is 1900 g/mol. The molecule has 0 bridgehead atoms. The average molecular weight is 1900 g/mol. The van der Waals surface area contributed by atoms with Crippen molar-refractivity contribution in [1.82, 2.24) is 89.7 Å². The summed E-state index contributed by atoms with van der Waals surface area (Å²) in [6.45, 7) is 11.0. The predicted octanol–water partition coefficient (Wildman–Crippen LogP) is -1.28. The van der Waals surface area contributed by atoms with Crippen LogP contribution in [0.4, 0.5) is 0 Å². The molecule has 0 aliphatic heterocycles. The van der Waals surface area contributed by atoms with Gasteiger partial charge in [0, 0.05) is 66.6 Å². The van der Waals surface area contributed by atoms with Gasteiger partial charge >= 0.3 is 5.97 Å². The molecule has 43 nitrogen and oxygen atoms in total. The number of carboxylic acid groups (broad SMARTS) is 1. The van der Waals surface area contributed by atoms with Crippen molar-refractivity contribution >= 4 is 116 Å². The zero-order valence-electron chi connectivity index (χ0n) is 78.4. The first-order valence-electron chi connectivity index (χ1n) is 46.3. The molecule has 6 rings (SSSR count). The smallest absolute Gasteiger partial charge is 0.326 e. The Labute approximate surface area is 790 Å². The second-order valence-corrected chi connectivity index (χ2v) is 34.6. The van der Waals surface area contributed by atoms with Crippen LogP contribution in [0.15, 0.2) is 109 Å². The molecule has 0 radical (unpaired) electrons. The number of carboxylic acids is 1. The number of carbonyl (C=O) groups is 14. The van der Waals surface area contributed by atoms with Gasteiger partial charge in [-0.3, -0.25) is 73.1 Å². The number of H-pyrrole nitrogens is 2. The number of aliphatic hydroxyl groups is 1. The summed E-state index contributed by atoms with van der Waals surface area (Å²) in [5, 5.41) is 98.0. The van der Waals surface area contributed by atoms with Crippen molar-refractivity contribution in [2.75, 3.05) is 39.3 Å². The third-order valence-corrected chi connectivity index (χ3v) is 23.6. The maximum Gasteiger partial charge on any atom is 0.326 e. The van der Waals surface area contributed by atoms with E-state index in [0.29, 0.717) is 76.2 Å². The average Bonchev–Trinajstić information content (AvgIpc) is 1.67. The first-order valence-corrected chi connectivity index (χ1v) is 46.3. The van der Waals surface area contributed by atoms with Crippen LogP contribution in [0, 0.1) is 28.6 Å². The number of para-hydroxylation sites is 2. The molecular weight excluding hydrogens is 1760 g/mol. The Hall–Kier alpha value is -13.5. The van der Waals surface area contributed by atoms with Crippen LogP contribution < -0.4 is 114 Å². The minimum atomic E-state index is -1.85. The first-order chi connectivity index (χ1) is 64.8. The molecule has 6 aromatic rings. The number of phenolic OH excluding ortho intramolecular Hbond substituents is 2. The maximum atomic E-state index is 15.1. The van der Waals surface area contributed by atoms with E-state index in [1.165, 1.54) is 43.3 Å². The van der Waals surface area contributed by atoms with Crippen molar-refractivity contribution in [2.45, 2.75) is 255 Å². The Bertz CT molecular complexity index is 4960. The van der Waals surface area contributed by atoms with E-state index >= 15 is 4.79 Å². The molecule has 0 saturated heterocycles. The molecule has 2 heterocycles. The zero-order chi connectivity index (χ0) is 100. The van der Waals surface area contributed by atoms with Gasteiger partial charge in [0.05, 0.1) is 12.6 Å². The molecule has 35 N–H and O–H groups in total. The Morgan fingerprint density at radius 2 is 0.676 bits per heavy atom. The van der Waals surface area contributed by atoms with Gasteiger partial charge in [0.2, 0.25) is 76.8 Å². The van der Waals surface area contributed by atoms with Crippen LogP contribution in [0.5, 0.6) is 11.5 Å².